The van der Waals surface area contributed by atoms with E-state index in [4.69, 9.17) is 0 Å². The van der Waals surface area contributed by atoms with Crippen molar-refractivity contribution in [1.82, 2.24) is 10.6 Å². The third-order valence-corrected chi connectivity index (χ3v) is 5.08. The Morgan fingerprint density at radius 2 is 1.86 bits per heavy atom. The van der Waals surface area contributed by atoms with E-state index in [2.05, 4.69) is 10.6 Å². The fourth-order valence-electron chi connectivity index (χ4n) is 2.21. The molecule has 1 aromatic rings. The maximum absolute atomic E-state index is 11.6. The average molecular weight is 310 g/mol. The smallest absolute Gasteiger partial charge is 0.309 e. The van der Waals surface area contributed by atoms with E-state index < -0.39 is 27.7 Å². The molecule has 0 aromatic heterocycles. The van der Waals surface area contributed by atoms with Crippen LogP contribution in [0.25, 0.3) is 0 Å². The average Bonchev–Trinajstić information content (AvgIpc) is 2.79. The van der Waals surface area contributed by atoms with E-state index in [1.807, 2.05) is 30.3 Å². The zero-order chi connectivity index (χ0) is 15.3. The molecule has 1 aliphatic heterocycles. The highest BCUT2D eigenvalue weighted by Gasteiger charge is 2.30. The van der Waals surface area contributed by atoms with Gasteiger partial charge in [-0.3, -0.25) is 9.59 Å². The first-order valence-corrected chi connectivity index (χ1v) is 8.61. The van der Waals surface area contributed by atoms with E-state index in [9.17, 15) is 18.0 Å². The number of rotatable bonds is 4. The highest BCUT2D eigenvalue weighted by molar-refractivity contribution is 7.91. The summed E-state index contributed by atoms with van der Waals surface area (Å²) in [6.45, 7) is 0.360. The lowest BCUT2D eigenvalue weighted by Crippen LogP contribution is -2.45. The lowest BCUT2D eigenvalue weighted by Gasteiger charge is -2.10. The molecule has 1 unspecified atom stereocenters. The molecular formula is C14H18N2O4S. The second-order valence-corrected chi connectivity index (χ2v) is 7.29. The second-order valence-electron chi connectivity index (χ2n) is 5.06. The number of carbonyl (C=O) groups excluding carboxylic acids is 2. The summed E-state index contributed by atoms with van der Waals surface area (Å²) in [4.78, 5) is 23.2. The first-order valence-electron chi connectivity index (χ1n) is 6.79. The first-order chi connectivity index (χ1) is 9.96. The van der Waals surface area contributed by atoms with Crippen LogP contribution >= 0.6 is 0 Å². The maximum atomic E-state index is 11.6. The SMILES string of the molecule is O=C(NCCc1ccccc1)C(=O)NC1CCS(=O)(=O)C1. The molecule has 1 aliphatic rings. The molecule has 6 nitrogen and oxygen atoms in total. The van der Waals surface area contributed by atoms with E-state index in [1.165, 1.54) is 0 Å². The van der Waals surface area contributed by atoms with Crippen LogP contribution in [0.1, 0.15) is 12.0 Å². The Kier molecular flexibility index (Phi) is 4.95. The Morgan fingerprint density at radius 1 is 1.14 bits per heavy atom. The summed E-state index contributed by atoms with van der Waals surface area (Å²) < 4.78 is 22.5. The van der Waals surface area contributed by atoms with Crippen molar-refractivity contribution in [1.29, 1.82) is 0 Å². The molecule has 2 N–H and O–H groups in total. The standard InChI is InChI=1S/C14H18N2O4S/c17-13(15-8-6-11-4-2-1-3-5-11)14(18)16-12-7-9-21(19,20)10-12/h1-5,12H,6-10H2,(H,15,17)(H,16,18). The van der Waals surface area contributed by atoms with Crippen LogP contribution in [0.5, 0.6) is 0 Å². The van der Waals surface area contributed by atoms with Crippen molar-refractivity contribution >= 4 is 21.7 Å². The first kappa shape index (κ1) is 15.5. The van der Waals surface area contributed by atoms with Crippen LogP contribution in [0.3, 0.4) is 0 Å². The quantitative estimate of drug-likeness (QED) is 0.744. The van der Waals surface area contributed by atoms with Gasteiger partial charge in [0.15, 0.2) is 9.84 Å². The molecule has 0 radical (unpaired) electrons. The largest absolute Gasteiger partial charge is 0.348 e. The molecule has 0 aliphatic carbocycles. The van der Waals surface area contributed by atoms with Gasteiger partial charge in [0.2, 0.25) is 0 Å². The molecule has 114 valence electrons. The Morgan fingerprint density at radius 3 is 2.48 bits per heavy atom. The number of amides is 2. The molecule has 1 saturated heterocycles. The predicted octanol–water partition coefficient (Wildman–Crippen LogP) is -0.351. The van der Waals surface area contributed by atoms with Gasteiger partial charge in [0.1, 0.15) is 0 Å². The van der Waals surface area contributed by atoms with Crippen LogP contribution in [0.4, 0.5) is 0 Å². The van der Waals surface area contributed by atoms with E-state index in [-0.39, 0.29) is 11.5 Å². The van der Waals surface area contributed by atoms with Gasteiger partial charge in [0, 0.05) is 12.6 Å². The number of hydrogen-bond donors (Lipinski definition) is 2. The van der Waals surface area contributed by atoms with Crippen LogP contribution in [-0.4, -0.2) is 44.3 Å². The topological polar surface area (TPSA) is 92.3 Å². The molecule has 1 heterocycles. The molecule has 0 saturated carbocycles. The minimum Gasteiger partial charge on any atom is -0.348 e. The van der Waals surface area contributed by atoms with Gasteiger partial charge in [-0.15, -0.1) is 0 Å². The van der Waals surface area contributed by atoms with Gasteiger partial charge in [-0.2, -0.15) is 0 Å². The van der Waals surface area contributed by atoms with Crippen LogP contribution in [0.2, 0.25) is 0 Å². The molecule has 1 fully saturated rings. The lowest BCUT2D eigenvalue weighted by molar-refractivity contribution is -0.139. The predicted molar refractivity (Wildman–Crippen MR) is 78.4 cm³/mol. The number of hydrogen-bond acceptors (Lipinski definition) is 4. The monoisotopic (exact) mass is 310 g/mol. The van der Waals surface area contributed by atoms with Crippen molar-refractivity contribution in [2.75, 3.05) is 18.1 Å². The second kappa shape index (κ2) is 6.71. The number of nitrogens with one attached hydrogen (secondary N) is 2. The van der Waals surface area contributed by atoms with E-state index in [0.29, 0.717) is 19.4 Å². The molecular weight excluding hydrogens is 292 g/mol. The zero-order valence-electron chi connectivity index (χ0n) is 11.5. The van der Waals surface area contributed by atoms with Crippen molar-refractivity contribution in [2.24, 2.45) is 0 Å². The van der Waals surface area contributed by atoms with Crippen molar-refractivity contribution in [2.45, 2.75) is 18.9 Å². The summed E-state index contributed by atoms with van der Waals surface area (Å²) >= 11 is 0. The minimum atomic E-state index is -3.07. The van der Waals surface area contributed by atoms with Gasteiger partial charge in [-0.1, -0.05) is 30.3 Å². The van der Waals surface area contributed by atoms with Crippen LogP contribution < -0.4 is 10.6 Å². The fraction of sp³-hybridized carbons (Fsp3) is 0.429. The van der Waals surface area contributed by atoms with E-state index >= 15 is 0 Å². The Bertz CT molecular complexity index is 613. The molecule has 1 atom stereocenters. The van der Waals surface area contributed by atoms with E-state index in [0.717, 1.165) is 5.56 Å². The number of benzene rings is 1. The zero-order valence-corrected chi connectivity index (χ0v) is 12.4. The van der Waals surface area contributed by atoms with Crippen molar-refractivity contribution < 1.29 is 18.0 Å². The summed E-state index contributed by atoms with van der Waals surface area (Å²) in [5.74, 6) is -1.52. The van der Waals surface area contributed by atoms with Gasteiger partial charge < -0.3 is 10.6 Å². The lowest BCUT2D eigenvalue weighted by atomic mass is 10.1. The molecule has 0 bridgehead atoms. The fourth-order valence-corrected chi connectivity index (χ4v) is 3.88. The third kappa shape index (κ3) is 4.86. The molecule has 7 heteroatoms. The molecule has 2 rings (SSSR count). The molecule has 0 spiro atoms. The normalized spacial score (nSPS) is 19.9. The number of sulfone groups is 1. The highest BCUT2D eigenvalue weighted by atomic mass is 32.2. The highest BCUT2D eigenvalue weighted by Crippen LogP contribution is 2.10. The van der Waals surface area contributed by atoms with Gasteiger partial charge in [-0.25, -0.2) is 8.42 Å². The molecule has 2 amide bonds. The molecule has 21 heavy (non-hydrogen) atoms. The third-order valence-electron chi connectivity index (χ3n) is 3.32. The summed E-state index contributed by atoms with van der Waals surface area (Å²) in [5, 5.41) is 4.98. The van der Waals surface area contributed by atoms with E-state index in [1.54, 1.807) is 0 Å². The summed E-state index contributed by atoms with van der Waals surface area (Å²) in [7, 11) is -3.07. The summed E-state index contributed by atoms with van der Waals surface area (Å²) in [5.41, 5.74) is 1.07. The Balaban J connectivity index is 1.72. The number of carbonyl (C=O) groups is 2. The van der Waals surface area contributed by atoms with Crippen LogP contribution in [0.15, 0.2) is 30.3 Å². The Hall–Kier alpha value is -1.89. The summed E-state index contributed by atoms with van der Waals surface area (Å²) in [6.07, 6.45) is 1.00. The minimum absolute atomic E-state index is 0.0631. The maximum Gasteiger partial charge on any atom is 0.309 e. The van der Waals surface area contributed by atoms with Crippen molar-refractivity contribution in [3.05, 3.63) is 35.9 Å². The van der Waals surface area contributed by atoms with Gasteiger partial charge in [0.05, 0.1) is 11.5 Å². The van der Waals surface area contributed by atoms with Crippen LogP contribution in [-0.2, 0) is 25.8 Å². The van der Waals surface area contributed by atoms with Crippen LogP contribution in [0, 0.1) is 0 Å². The summed E-state index contributed by atoms with van der Waals surface area (Å²) in [6, 6.07) is 9.15. The Labute approximate surface area is 123 Å². The van der Waals surface area contributed by atoms with Gasteiger partial charge in [0.25, 0.3) is 0 Å². The molecule has 1 aromatic carbocycles. The van der Waals surface area contributed by atoms with Gasteiger partial charge >= 0.3 is 11.8 Å². The van der Waals surface area contributed by atoms with Crippen molar-refractivity contribution in [3.63, 3.8) is 0 Å². The van der Waals surface area contributed by atoms with Gasteiger partial charge in [-0.05, 0) is 18.4 Å². The van der Waals surface area contributed by atoms with Crippen molar-refractivity contribution in [3.8, 4) is 0 Å².